The van der Waals surface area contributed by atoms with Crippen molar-refractivity contribution in [3.8, 4) is 0 Å². The average molecular weight is 328 g/mol. The van der Waals surface area contributed by atoms with E-state index in [2.05, 4.69) is 10.3 Å². The van der Waals surface area contributed by atoms with Crippen molar-refractivity contribution in [1.82, 2.24) is 10.3 Å². The Labute approximate surface area is 135 Å². The van der Waals surface area contributed by atoms with Gasteiger partial charge in [0.05, 0.1) is 15.6 Å². The van der Waals surface area contributed by atoms with Crippen molar-refractivity contribution in [1.29, 1.82) is 0 Å². The van der Waals surface area contributed by atoms with E-state index in [0.29, 0.717) is 10.3 Å². The number of nitrogens with two attached hydrogens (primary N) is 1. The van der Waals surface area contributed by atoms with Gasteiger partial charge in [-0.05, 0) is 51.7 Å². The van der Waals surface area contributed by atoms with E-state index in [1.807, 2.05) is 26.0 Å². The molecular weight excluding hydrogens is 306 g/mol. The minimum absolute atomic E-state index is 0.231. The zero-order chi connectivity index (χ0) is 15.5. The van der Waals surface area contributed by atoms with Crippen molar-refractivity contribution in [2.24, 2.45) is 5.73 Å². The van der Waals surface area contributed by atoms with Crippen LogP contribution in [-0.2, 0) is 4.79 Å². The van der Waals surface area contributed by atoms with Gasteiger partial charge in [0, 0.05) is 17.5 Å². The Hall–Kier alpha value is -0.780. The number of carbonyl (C=O) groups is 1. The first-order chi connectivity index (χ1) is 9.91. The molecule has 1 fully saturated rings. The molecule has 1 heterocycles. The molecule has 3 N–H and O–H groups in total. The molecule has 0 spiro atoms. The monoisotopic (exact) mass is 327 g/mol. The summed E-state index contributed by atoms with van der Waals surface area (Å²) >= 11 is 7.56. The number of thioether (sulfide) groups is 1. The number of amides is 1. The Morgan fingerprint density at radius 1 is 1.57 bits per heavy atom. The van der Waals surface area contributed by atoms with Gasteiger partial charge in [0.15, 0.2) is 0 Å². The molecule has 0 aliphatic heterocycles. The molecule has 116 valence electrons. The molecule has 0 radical (unpaired) electrons. The number of aromatic nitrogens is 1. The molecule has 2 atom stereocenters. The number of carbonyl (C=O) groups excluding carboxylic acids is 1. The molecule has 0 bridgehead atoms. The maximum absolute atomic E-state index is 12.0. The van der Waals surface area contributed by atoms with Crippen LogP contribution < -0.4 is 11.1 Å². The zero-order valence-electron chi connectivity index (χ0n) is 12.4. The van der Waals surface area contributed by atoms with Crippen molar-refractivity contribution in [2.75, 3.05) is 0 Å². The Balaban J connectivity index is 2.08. The van der Waals surface area contributed by atoms with Gasteiger partial charge in [-0.2, -0.15) is 0 Å². The second kappa shape index (κ2) is 6.99. The number of primary amides is 1. The van der Waals surface area contributed by atoms with Crippen molar-refractivity contribution in [3.63, 3.8) is 0 Å². The summed E-state index contributed by atoms with van der Waals surface area (Å²) in [6.45, 7) is 4.09. The lowest BCUT2D eigenvalue weighted by Crippen LogP contribution is -2.60. The number of nitrogens with one attached hydrogen (secondary N) is 1. The van der Waals surface area contributed by atoms with Crippen LogP contribution in [0.25, 0.3) is 0 Å². The number of pyridine rings is 1. The van der Waals surface area contributed by atoms with Crippen LogP contribution in [0.5, 0.6) is 0 Å². The SMILES string of the molecule is CC(C)NC1(C(N)=O)CCCC(Sc2ccc(Cl)cn2)C1. The minimum Gasteiger partial charge on any atom is -0.368 e. The summed E-state index contributed by atoms with van der Waals surface area (Å²) in [4.78, 5) is 16.3. The summed E-state index contributed by atoms with van der Waals surface area (Å²) < 4.78 is 0. The van der Waals surface area contributed by atoms with Crippen LogP contribution in [0.1, 0.15) is 39.5 Å². The minimum atomic E-state index is -0.587. The highest BCUT2D eigenvalue weighted by Crippen LogP contribution is 2.38. The number of halogens is 1. The molecular formula is C15H22ClN3OS. The van der Waals surface area contributed by atoms with E-state index < -0.39 is 5.54 Å². The molecule has 1 aliphatic carbocycles. The Morgan fingerprint density at radius 2 is 2.33 bits per heavy atom. The van der Waals surface area contributed by atoms with E-state index in [1.54, 1.807) is 18.0 Å². The third-order valence-corrected chi connectivity index (χ3v) is 5.17. The second-order valence-electron chi connectivity index (χ2n) is 5.90. The van der Waals surface area contributed by atoms with E-state index >= 15 is 0 Å². The van der Waals surface area contributed by atoms with Gasteiger partial charge in [-0.15, -0.1) is 11.8 Å². The molecule has 6 heteroatoms. The molecule has 1 aliphatic rings. The Kier molecular flexibility index (Phi) is 5.52. The van der Waals surface area contributed by atoms with Crippen LogP contribution in [-0.4, -0.2) is 27.7 Å². The van der Waals surface area contributed by atoms with Crippen LogP contribution in [0.2, 0.25) is 5.02 Å². The summed E-state index contributed by atoms with van der Waals surface area (Å²) in [5, 5.41) is 5.30. The molecule has 2 unspecified atom stereocenters. The van der Waals surface area contributed by atoms with Gasteiger partial charge >= 0.3 is 0 Å². The van der Waals surface area contributed by atoms with Gasteiger partial charge in [-0.3, -0.25) is 4.79 Å². The third kappa shape index (κ3) is 4.34. The standard InChI is InChI=1S/C15H22ClN3OS/c1-10(2)19-15(14(17)20)7-3-4-12(8-15)21-13-6-5-11(16)9-18-13/h5-6,9-10,12,19H,3-4,7-8H2,1-2H3,(H2,17,20). The lowest BCUT2D eigenvalue weighted by atomic mass is 9.80. The molecule has 1 aromatic heterocycles. The van der Waals surface area contributed by atoms with Gasteiger partial charge in [-0.25, -0.2) is 4.98 Å². The van der Waals surface area contributed by atoms with Gasteiger partial charge < -0.3 is 11.1 Å². The fourth-order valence-corrected chi connectivity index (χ4v) is 4.27. The van der Waals surface area contributed by atoms with Gasteiger partial charge in [0.1, 0.15) is 0 Å². The molecule has 0 saturated heterocycles. The third-order valence-electron chi connectivity index (χ3n) is 3.73. The maximum Gasteiger partial charge on any atom is 0.237 e. The van der Waals surface area contributed by atoms with E-state index in [0.717, 1.165) is 30.7 Å². The highest BCUT2D eigenvalue weighted by molar-refractivity contribution is 7.99. The van der Waals surface area contributed by atoms with E-state index in [4.69, 9.17) is 17.3 Å². The van der Waals surface area contributed by atoms with E-state index in [1.165, 1.54) is 0 Å². The highest BCUT2D eigenvalue weighted by atomic mass is 35.5. The molecule has 0 aromatic carbocycles. The Bertz CT molecular complexity index is 494. The normalized spacial score (nSPS) is 26.0. The first-order valence-electron chi connectivity index (χ1n) is 7.27. The van der Waals surface area contributed by atoms with Crippen molar-refractivity contribution < 1.29 is 4.79 Å². The summed E-state index contributed by atoms with van der Waals surface area (Å²) in [6, 6.07) is 3.99. The van der Waals surface area contributed by atoms with Crippen molar-refractivity contribution in [3.05, 3.63) is 23.4 Å². The maximum atomic E-state index is 12.0. The van der Waals surface area contributed by atoms with Gasteiger partial charge in [0.25, 0.3) is 0 Å². The molecule has 1 amide bonds. The first kappa shape index (κ1) is 16.6. The Morgan fingerprint density at radius 3 is 2.90 bits per heavy atom. The van der Waals surface area contributed by atoms with Gasteiger partial charge in [-0.1, -0.05) is 11.6 Å². The van der Waals surface area contributed by atoms with Crippen LogP contribution in [0.15, 0.2) is 23.4 Å². The number of hydrogen-bond donors (Lipinski definition) is 2. The van der Waals surface area contributed by atoms with E-state index in [-0.39, 0.29) is 11.9 Å². The molecule has 4 nitrogen and oxygen atoms in total. The fourth-order valence-electron chi connectivity index (χ4n) is 2.91. The van der Waals surface area contributed by atoms with Crippen LogP contribution in [0, 0.1) is 0 Å². The summed E-state index contributed by atoms with van der Waals surface area (Å²) in [7, 11) is 0. The first-order valence-corrected chi connectivity index (χ1v) is 8.53. The lowest BCUT2D eigenvalue weighted by molar-refractivity contribution is -0.126. The topological polar surface area (TPSA) is 68.0 Å². The number of hydrogen-bond acceptors (Lipinski definition) is 4. The lowest BCUT2D eigenvalue weighted by Gasteiger charge is -2.40. The van der Waals surface area contributed by atoms with Crippen LogP contribution in [0.4, 0.5) is 0 Å². The summed E-state index contributed by atoms with van der Waals surface area (Å²) in [5.74, 6) is -0.245. The quantitative estimate of drug-likeness (QED) is 0.872. The molecule has 1 aromatic rings. The summed E-state index contributed by atoms with van der Waals surface area (Å²) in [5.41, 5.74) is 5.10. The number of rotatable bonds is 5. The van der Waals surface area contributed by atoms with Crippen LogP contribution in [0.3, 0.4) is 0 Å². The molecule has 2 rings (SSSR count). The molecule has 1 saturated carbocycles. The smallest absolute Gasteiger partial charge is 0.237 e. The van der Waals surface area contributed by atoms with Gasteiger partial charge in [0.2, 0.25) is 5.91 Å². The van der Waals surface area contributed by atoms with Crippen molar-refractivity contribution in [2.45, 2.75) is 61.4 Å². The van der Waals surface area contributed by atoms with E-state index in [9.17, 15) is 4.79 Å². The predicted octanol–water partition coefficient (Wildman–Crippen LogP) is 2.99. The largest absolute Gasteiger partial charge is 0.368 e. The van der Waals surface area contributed by atoms with Crippen LogP contribution >= 0.6 is 23.4 Å². The van der Waals surface area contributed by atoms with Crippen molar-refractivity contribution >= 4 is 29.3 Å². The average Bonchev–Trinajstić information content (AvgIpc) is 2.41. The summed E-state index contributed by atoms with van der Waals surface area (Å²) in [6.07, 6.45) is 5.28. The highest BCUT2D eigenvalue weighted by Gasteiger charge is 2.41. The zero-order valence-corrected chi connectivity index (χ0v) is 14.0. The fraction of sp³-hybridized carbons (Fsp3) is 0.600. The number of nitrogens with zero attached hydrogens (tertiary/aromatic N) is 1. The molecule has 21 heavy (non-hydrogen) atoms. The second-order valence-corrected chi connectivity index (χ2v) is 7.65. The predicted molar refractivity (Wildman–Crippen MR) is 87.6 cm³/mol.